The number of H-pyrrole nitrogens is 1. The lowest BCUT2D eigenvalue weighted by molar-refractivity contribution is 0.543. The maximum atomic E-state index is 13.5. The van der Waals surface area contributed by atoms with Gasteiger partial charge in [-0.3, -0.25) is 0 Å². The highest BCUT2D eigenvalue weighted by Crippen LogP contribution is 2.20. The number of benzene rings is 1. The van der Waals surface area contributed by atoms with E-state index < -0.39 is 32.2 Å². The van der Waals surface area contributed by atoms with Crippen LogP contribution >= 0.6 is 0 Å². The van der Waals surface area contributed by atoms with Crippen LogP contribution in [0, 0.1) is 11.6 Å². The third kappa shape index (κ3) is 3.76. The van der Waals surface area contributed by atoms with Gasteiger partial charge < -0.3 is 10.7 Å². The van der Waals surface area contributed by atoms with Gasteiger partial charge in [-0.1, -0.05) is 0 Å². The van der Waals surface area contributed by atoms with E-state index in [9.17, 15) is 17.2 Å². The van der Waals surface area contributed by atoms with Crippen LogP contribution in [0.3, 0.4) is 0 Å². The van der Waals surface area contributed by atoms with Crippen molar-refractivity contribution in [1.29, 1.82) is 0 Å². The number of nitrogens with two attached hydrogens (primary N) is 1. The fourth-order valence-electron chi connectivity index (χ4n) is 1.73. The van der Waals surface area contributed by atoms with Crippen LogP contribution in [0.25, 0.3) is 0 Å². The lowest BCUT2D eigenvalue weighted by atomic mass is 10.3. The third-order valence-corrected chi connectivity index (χ3v) is 4.25. The molecule has 0 aliphatic heterocycles. The monoisotopic (exact) mass is 316 g/mol. The Morgan fingerprint density at radius 2 is 2.05 bits per heavy atom. The average molecular weight is 316 g/mol. The molecule has 0 radical (unpaired) electrons. The van der Waals surface area contributed by atoms with Gasteiger partial charge in [0.25, 0.3) is 0 Å². The Morgan fingerprint density at radius 1 is 1.29 bits per heavy atom. The largest absolute Gasteiger partial charge is 0.396 e. The highest BCUT2D eigenvalue weighted by Gasteiger charge is 2.20. The van der Waals surface area contributed by atoms with E-state index in [1.807, 2.05) is 0 Å². The maximum Gasteiger partial charge on any atom is 0.243 e. The van der Waals surface area contributed by atoms with Crippen molar-refractivity contribution < 1.29 is 17.2 Å². The molecular formula is C12H14F2N4O2S. The molecule has 6 nitrogen and oxygen atoms in total. The molecule has 0 unspecified atom stereocenters. The van der Waals surface area contributed by atoms with Crippen molar-refractivity contribution in [3.05, 3.63) is 42.0 Å². The van der Waals surface area contributed by atoms with E-state index >= 15 is 0 Å². The van der Waals surface area contributed by atoms with Crippen LogP contribution in [-0.4, -0.2) is 24.9 Å². The van der Waals surface area contributed by atoms with Crippen molar-refractivity contribution in [1.82, 2.24) is 14.7 Å². The minimum atomic E-state index is -4.07. The number of nitrogens with zero attached hydrogens (tertiary/aromatic N) is 1. The maximum absolute atomic E-state index is 13.5. The van der Waals surface area contributed by atoms with Gasteiger partial charge in [0.2, 0.25) is 10.0 Å². The highest BCUT2D eigenvalue weighted by atomic mass is 32.2. The number of rotatable bonds is 6. The second kappa shape index (κ2) is 6.19. The van der Waals surface area contributed by atoms with Crippen LogP contribution in [0.5, 0.6) is 0 Å². The van der Waals surface area contributed by atoms with E-state index in [0.29, 0.717) is 18.9 Å². The molecule has 9 heteroatoms. The molecule has 0 amide bonds. The third-order valence-electron chi connectivity index (χ3n) is 2.78. The summed E-state index contributed by atoms with van der Waals surface area (Å²) >= 11 is 0. The molecule has 0 saturated carbocycles. The molecule has 0 fully saturated rings. The number of hydrogen-bond donors (Lipinski definition) is 3. The number of sulfonamides is 1. The zero-order valence-corrected chi connectivity index (χ0v) is 11.8. The summed E-state index contributed by atoms with van der Waals surface area (Å²) in [5, 5.41) is 0. The Labute approximate surface area is 120 Å². The molecule has 0 atom stereocenters. The fourth-order valence-corrected chi connectivity index (χ4v) is 2.89. The standard InChI is InChI=1S/C12H14F2N4O2S/c13-8-6-9(14)11(7-10(8)15)21(19,20)18-3-1-2-12-16-4-5-17-12/h4-7,18H,1-3,15H2,(H,16,17). The number of aromatic nitrogens is 2. The van der Waals surface area contributed by atoms with E-state index in [2.05, 4.69) is 14.7 Å². The molecule has 2 rings (SSSR count). The molecule has 0 aliphatic carbocycles. The number of halogens is 2. The normalized spacial score (nSPS) is 11.7. The first-order valence-electron chi connectivity index (χ1n) is 6.12. The fraction of sp³-hybridized carbons (Fsp3) is 0.250. The Morgan fingerprint density at radius 3 is 2.71 bits per heavy atom. The van der Waals surface area contributed by atoms with E-state index in [1.165, 1.54) is 0 Å². The molecule has 0 bridgehead atoms. The van der Waals surface area contributed by atoms with Crippen LogP contribution in [0.2, 0.25) is 0 Å². The summed E-state index contributed by atoms with van der Waals surface area (Å²) < 4.78 is 52.6. The van der Waals surface area contributed by atoms with Gasteiger partial charge in [-0.25, -0.2) is 26.9 Å². The molecule has 1 aromatic carbocycles. The van der Waals surface area contributed by atoms with Crippen LogP contribution < -0.4 is 10.5 Å². The molecule has 2 aromatic rings. The van der Waals surface area contributed by atoms with Gasteiger partial charge >= 0.3 is 0 Å². The summed E-state index contributed by atoms with van der Waals surface area (Å²) in [6, 6.07) is 1.21. The molecule has 0 spiro atoms. The molecular weight excluding hydrogens is 302 g/mol. The number of nitrogens with one attached hydrogen (secondary N) is 2. The van der Waals surface area contributed by atoms with Gasteiger partial charge in [0.15, 0.2) is 0 Å². The Balaban J connectivity index is 2.00. The minimum absolute atomic E-state index is 0.0970. The summed E-state index contributed by atoms with van der Waals surface area (Å²) in [6.45, 7) is 0.0970. The van der Waals surface area contributed by atoms with Gasteiger partial charge in [-0.05, 0) is 12.5 Å². The van der Waals surface area contributed by atoms with Crippen molar-refractivity contribution in [2.75, 3.05) is 12.3 Å². The summed E-state index contributed by atoms with van der Waals surface area (Å²) in [5.74, 6) is -1.45. The zero-order valence-electron chi connectivity index (χ0n) is 10.9. The number of anilines is 1. The lowest BCUT2D eigenvalue weighted by Crippen LogP contribution is -2.26. The summed E-state index contributed by atoms with van der Waals surface area (Å²) in [7, 11) is -4.07. The smallest absolute Gasteiger partial charge is 0.243 e. The summed E-state index contributed by atoms with van der Waals surface area (Å²) in [5.41, 5.74) is 4.84. The molecule has 21 heavy (non-hydrogen) atoms. The van der Waals surface area contributed by atoms with Crippen LogP contribution in [0.15, 0.2) is 29.4 Å². The van der Waals surface area contributed by atoms with Crippen LogP contribution in [0.1, 0.15) is 12.2 Å². The Bertz CT molecular complexity index is 717. The van der Waals surface area contributed by atoms with Crippen molar-refractivity contribution in [3.63, 3.8) is 0 Å². The van der Waals surface area contributed by atoms with Crippen molar-refractivity contribution in [2.24, 2.45) is 0 Å². The SMILES string of the molecule is Nc1cc(S(=O)(=O)NCCCc2ncc[nH]2)c(F)cc1F. The average Bonchev–Trinajstić information content (AvgIpc) is 2.92. The van der Waals surface area contributed by atoms with Gasteiger partial charge in [0.05, 0.1) is 5.69 Å². The predicted molar refractivity (Wildman–Crippen MR) is 72.9 cm³/mol. The number of imidazole rings is 1. The number of aromatic amines is 1. The van der Waals surface area contributed by atoms with Crippen molar-refractivity contribution >= 4 is 15.7 Å². The Hall–Kier alpha value is -2.00. The van der Waals surface area contributed by atoms with Gasteiger partial charge in [0.1, 0.15) is 22.4 Å². The van der Waals surface area contributed by atoms with Crippen LogP contribution in [0.4, 0.5) is 14.5 Å². The first-order valence-corrected chi connectivity index (χ1v) is 7.61. The topological polar surface area (TPSA) is 101 Å². The van der Waals surface area contributed by atoms with E-state index in [0.717, 1.165) is 11.9 Å². The number of nitrogen functional groups attached to an aromatic ring is 1. The highest BCUT2D eigenvalue weighted by molar-refractivity contribution is 7.89. The molecule has 114 valence electrons. The number of aryl methyl sites for hydroxylation is 1. The minimum Gasteiger partial charge on any atom is -0.396 e. The van der Waals surface area contributed by atoms with Crippen LogP contribution in [-0.2, 0) is 16.4 Å². The Kier molecular flexibility index (Phi) is 4.53. The zero-order chi connectivity index (χ0) is 15.5. The molecule has 1 heterocycles. The number of hydrogen-bond acceptors (Lipinski definition) is 4. The van der Waals surface area contributed by atoms with E-state index in [-0.39, 0.29) is 6.54 Å². The summed E-state index contributed by atoms with van der Waals surface area (Å²) in [4.78, 5) is 6.21. The van der Waals surface area contributed by atoms with Crippen molar-refractivity contribution in [2.45, 2.75) is 17.7 Å². The first kappa shape index (κ1) is 15.4. The van der Waals surface area contributed by atoms with Gasteiger partial charge in [-0.15, -0.1) is 0 Å². The lowest BCUT2D eigenvalue weighted by Gasteiger charge is -2.08. The first-order chi connectivity index (χ1) is 9.90. The van der Waals surface area contributed by atoms with Crippen molar-refractivity contribution in [3.8, 4) is 0 Å². The van der Waals surface area contributed by atoms with E-state index in [1.54, 1.807) is 12.4 Å². The second-order valence-electron chi connectivity index (χ2n) is 4.34. The van der Waals surface area contributed by atoms with Gasteiger partial charge in [-0.2, -0.15) is 0 Å². The van der Waals surface area contributed by atoms with E-state index in [4.69, 9.17) is 5.73 Å². The quantitative estimate of drug-likeness (QED) is 0.550. The molecule has 1 aromatic heterocycles. The second-order valence-corrected chi connectivity index (χ2v) is 6.08. The van der Waals surface area contributed by atoms with Gasteiger partial charge in [0, 0.05) is 31.4 Å². The summed E-state index contributed by atoms with van der Waals surface area (Å²) in [6.07, 6.45) is 4.28. The molecule has 0 saturated heterocycles. The predicted octanol–water partition coefficient (Wildman–Crippen LogP) is 1.18. The molecule has 0 aliphatic rings. The molecule has 4 N–H and O–H groups in total.